The van der Waals surface area contributed by atoms with Gasteiger partial charge in [-0.15, -0.1) is 0 Å². The second-order valence-corrected chi connectivity index (χ2v) is 5.20. The highest BCUT2D eigenvalue weighted by Crippen LogP contribution is 2.18. The molecule has 0 spiro atoms. The molecule has 2 rings (SSSR count). The monoisotopic (exact) mass is 318 g/mol. The van der Waals surface area contributed by atoms with Crippen LogP contribution in [-0.4, -0.2) is 5.91 Å². The van der Waals surface area contributed by atoms with E-state index in [-0.39, 0.29) is 18.4 Å². The fourth-order valence-corrected chi connectivity index (χ4v) is 2.20. The quantitative estimate of drug-likeness (QED) is 0.906. The van der Waals surface area contributed by atoms with E-state index in [1.54, 1.807) is 0 Å². The summed E-state index contributed by atoms with van der Waals surface area (Å²) in [4.78, 5) is 11.9. The Hall–Kier alpha value is -1.65. The molecule has 0 aromatic heterocycles. The van der Waals surface area contributed by atoms with Crippen LogP contribution in [0, 0.1) is 0 Å². The number of nitrogens with one attached hydrogen (secondary N) is 1. The maximum absolute atomic E-state index is 11.9. The molecule has 0 bridgehead atoms. The molecule has 4 heteroatoms. The molecular weight excluding hydrogens is 304 g/mol. The van der Waals surface area contributed by atoms with Gasteiger partial charge in [0.2, 0.25) is 5.91 Å². The molecule has 1 atom stereocenters. The second kappa shape index (κ2) is 6.50. The van der Waals surface area contributed by atoms with E-state index in [2.05, 4.69) is 21.2 Å². The molecule has 0 aliphatic heterocycles. The Kier molecular flexibility index (Phi) is 4.71. The van der Waals surface area contributed by atoms with Gasteiger partial charge in [0, 0.05) is 22.6 Å². The molecule has 0 aliphatic carbocycles. The van der Waals surface area contributed by atoms with Crippen molar-refractivity contribution < 1.29 is 4.79 Å². The van der Waals surface area contributed by atoms with E-state index in [1.807, 2.05) is 54.6 Å². The maximum Gasteiger partial charge on any atom is 0.226 e. The van der Waals surface area contributed by atoms with Crippen LogP contribution in [0.3, 0.4) is 0 Å². The lowest BCUT2D eigenvalue weighted by Gasteiger charge is -2.12. The Morgan fingerprint density at radius 3 is 2.58 bits per heavy atom. The Labute approximate surface area is 121 Å². The highest BCUT2D eigenvalue weighted by molar-refractivity contribution is 9.10. The van der Waals surface area contributed by atoms with E-state index < -0.39 is 0 Å². The number of halogens is 1. The van der Waals surface area contributed by atoms with Gasteiger partial charge >= 0.3 is 0 Å². The summed E-state index contributed by atoms with van der Waals surface area (Å²) in [6, 6.07) is 16.8. The van der Waals surface area contributed by atoms with E-state index in [1.165, 1.54) is 0 Å². The first-order valence-electron chi connectivity index (χ1n) is 6.01. The van der Waals surface area contributed by atoms with E-state index >= 15 is 0 Å². The lowest BCUT2D eigenvalue weighted by molar-refractivity contribution is -0.116. The van der Waals surface area contributed by atoms with Crippen LogP contribution in [0.2, 0.25) is 0 Å². The summed E-state index contributed by atoms with van der Waals surface area (Å²) in [5, 5.41) is 2.83. The third-order valence-corrected chi connectivity index (χ3v) is 3.23. The Morgan fingerprint density at radius 2 is 1.89 bits per heavy atom. The molecule has 0 saturated carbocycles. The van der Waals surface area contributed by atoms with Gasteiger partial charge < -0.3 is 11.1 Å². The SMILES string of the molecule is NC(CC(=O)Nc1cccc(Br)c1)c1ccccc1. The minimum absolute atomic E-state index is 0.0885. The van der Waals surface area contributed by atoms with Crippen molar-refractivity contribution in [1.82, 2.24) is 0 Å². The van der Waals surface area contributed by atoms with Crippen molar-refractivity contribution in [2.45, 2.75) is 12.5 Å². The van der Waals surface area contributed by atoms with E-state index in [0.29, 0.717) is 0 Å². The number of benzene rings is 2. The molecule has 19 heavy (non-hydrogen) atoms. The molecule has 1 amide bonds. The molecular formula is C15H15BrN2O. The van der Waals surface area contributed by atoms with E-state index in [4.69, 9.17) is 5.73 Å². The summed E-state index contributed by atoms with van der Waals surface area (Å²) in [6.45, 7) is 0. The number of nitrogens with two attached hydrogens (primary N) is 1. The van der Waals surface area contributed by atoms with Gasteiger partial charge in [-0.25, -0.2) is 0 Å². The van der Waals surface area contributed by atoms with Crippen molar-refractivity contribution in [3.8, 4) is 0 Å². The van der Waals surface area contributed by atoms with Crippen LogP contribution >= 0.6 is 15.9 Å². The molecule has 0 radical (unpaired) electrons. The highest BCUT2D eigenvalue weighted by atomic mass is 79.9. The van der Waals surface area contributed by atoms with Crippen LogP contribution in [0.5, 0.6) is 0 Å². The van der Waals surface area contributed by atoms with Crippen molar-refractivity contribution >= 4 is 27.5 Å². The molecule has 98 valence electrons. The summed E-state index contributed by atoms with van der Waals surface area (Å²) in [5.74, 6) is -0.0885. The Balaban J connectivity index is 1.95. The van der Waals surface area contributed by atoms with Crippen molar-refractivity contribution in [3.63, 3.8) is 0 Å². The third-order valence-electron chi connectivity index (χ3n) is 2.74. The van der Waals surface area contributed by atoms with Crippen molar-refractivity contribution in [3.05, 3.63) is 64.6 Å². The van der Waals surface area contributed by atoms with Gasteiger partial charge in [0.05, 0.1) is 0 Å². The molecule has 2 aromatic carbocycles. The number of amides is 1. The van der Waals surface area contributed by atoms with Crippen molar-refractivity contribution in [2.24, 2.45) is 5.73 Å². The summed E-state index contributed by atoms with van der Waals surface area (Å²) in [5.41, 5.74) is 7.74. The standard InChI is InChI=1S/C15H15BrN2O/c16-12-7-4-8-13(9-12)18-15(19)10-14(17)11-5-2-1-3-6-11/h1-9,14H,10,17H2,(H,18,19). The zero-order valence-corrected chi connectivity index (χ0v) is 11.9. The molecule has 0 heterocycles. The lowest BCUT2D eigenvalue weighted by Crippen LogP contribution is -2.20. The molecule has 0 saturated heterocycles. The number of carbonyl (C=O) groups is 1. The first kappa shape index (κ1) is 13.8. The molecule has 2 aromatic rings. The number of carbonyl (C=O) groups excluding carboxylic acids is 1. The minimum atomic E-state index is -0.284. The average Bonchev–Trinajstić information content (AvgIpc) is 2.39. The van der Waals surface area contributed by atoms with Crippen LogP contribution in [-0.2, 0) is 4.79 Å². The summed E-state index contributed by atoms with van der Waals surface area (Å²) >= 11 is 3.36. The van der Waals surface area contributed by atoms with Gasteiger partial charge in [0.25, 0.3) is 0 Å². The van der Waals surface area contributed by atoms with Crippen LogP contribution in [0.4, 0.5) is 5.69 Å². The smallest absolute Gasteiger partial charge is 0.226 e. The number of rotatable bonds is 4. The normalized spacial score (nSPS) is 11.9. The Bertz CT molecular complexity index is 557. The minimum Gasteiger partial charge on any atom is -0.326 e. The van der Waals surface area contributed by atoms with Gasteiger partial charge in [-0.05, 0) is 23.8 Å². The predicted molar refractivity (Wildman–Crippen MR) is 80.8 cm³/mol. The lowest BCUT2D eigenvalue weighted by atomic mass is 10.0. The van der Waals surface area contributed by atoms with Gasteiger partial charge in [-0.3, -0.25) is 4.79 Å². The zero-order chi connectivity index (χ0) is 13.7. The van der Waals surface area contributed by atoms with Crippen LogP contribution in [0.25, 0.3) is 0 Å². The van der Waals surface area contributed by atoms with Crippen LogP contribution in [0.1, 0.15) is 18.0 Å². The first-order chi connectivity index (χ1) is 9.15. The predicted octanol–water partition coefficient (Wildman–Crippen LogP) is 3.48. The number of hydrogen-bond acceptors (Lipinski definition) is 2. The van der Waals surface area contributed by atoms with Crippen molar-refractivity contribution in [2.75, 3.05) is 5.32 Å². The molecule has 1 unspecified atom stereocenters. The average molecular weight is 319 g/mol. The fourth-order valence-electron chi connectivity index (χ4n) is 1.80. The largest absolute Gasteiger partial charge is 0.326 e. The van der Waals surface area contributed by atoms with Crippen molar-refractivity contribution in [1.29, 1.82) is 0 Å². The third kappa shape index (κ3) is 4.19. The van der Waals surface area contributed by atoms with Gasteiger partial charge in [-0.2, -0.15) is 0 Å². The summed E-state index contributed by atoms with van der Waals surface area (Å²) in [6.07, 6.45) is 0.260. The fraction of sp³-hybridized carbons (Fsp3) is 0.133. The van der Waals surface area contributed by atoms with Crippen LogP contribution < -0.4 is 11.1 Å². The topological polar surface area (TPSA) is 55.1 Å². The van der Waals surface area contributed by atoms with Gasteiger partial charge in [0.1, 0.15) is 0 Å². The number of hydrogen-bond donors (Lipinski definition) is 2. The first-order valence-corrected chi connectivity index (χ1v) is 6.80. The second-order valence-electron chi connectivity index (χ2n) is 4.28. The van der Waals surface area contributed by atoms with E-state index in [0.717, 1.165) is 15.7 Å². The molecule has 0 fully saturated rings. The highest BCUT2D eigenvalue weighted by Gasteiger charge is 2.11. The van der Waals surface area contributed by atoms with Gasteiger partial charge in [-0.1, -0.05) is 52.3 Å². The van der Waals surface area contributed by atoms with Gasteiger partial charge in [0.15, 0.2) is 0 Å². The summed E-state index contributed by atoms with van der Waals surface area (Å²) < 4.78 is 0.928. The van der Waals surface area contributed by atoms with E-state index in [9.17, 15) is 4.79 Å². The molecule has 3 N–H and O–H groups in total. The summed E-state index contributed by atoms with van der Waals surface area (Å²) in [7, 11) is 0. The maximum atomic E-state index is 11.9. The van der Waals surface area contributed by atoms with Crippen LogP contribution in [0.15, 0.2) is 59.1 Å². The zero-order valence-electron chi connectivity index (χ0n) is 10.3. The molecule has 3 nitrogen and oxygen atoms in total. The number of anilines is 1. The Morgan fingerprint density at radius 1 is 1.16 bits per heavy atom. The molecule has 0 aliphatic rings.